The highest BCUT2D eigenvalue weighted by Crippen LogP contribution is 2.41. The Morgan fingerprint density at radius 2 is 1.84 bits per heavy atom. The number of anilines is 1. The summed E-state index contributed by atoms with van der Waals surface area (Å²) in [5, 5.41) is 35.1. The van der Waals surface area contributed by atoms with E-state index in [1.165, 1.54) is 19.3 Å². The third-order valence-electron chi connectivity index (χ3n) is 4.92. The fourth-order valence-electron chi connectivity index (χ4n) is 3.06. The number of halogens is 2. The number of non-ortho nitro benzene ring substituents is 1. The quantitative estimate of drug-likeness (QED) is 0.0978. The maximum Gasteiger partial charge on any atom is 0.318 e. The van der Waals surface area contributed by atoms with Gasteiger partial charge in [0.05, 0.1) is 26.6 Å². The highest BCUT2D eigenvalue weighted by atomic mass is 127. The molecule has 3 aromatic rings. The maximum atomic E-state index is 12.7. The minimum Gasteiger partial charge on any atom is -0.493 e. The monoisotopic (exact) mass is 634 g/mol. The molecule has 11 nitrogen and oxygen atoms in total. The van der Waals surface area contributed by atoms with E-state index in [1.54, 1.807) is 24.3 Å². The lowest BCUT2D eigenvalue weighted by Crippen LogP contribution is -2.13. The maximum absolute atomic E-state index is 12.7. The van der Waals surface area contributed by atoms with E-state index >= 15 is 0 Å². The molecular weight excluding hydrogens is 619 g/mol. The van der Waals surface area contributed by atoms with Crippen molar-refractivity contribution >= 4 is 63.2 Å². The average Bonchev–Trinajstić information content (AvgIpc) is 2.85. The van der Waals surface area contributed by atoms with Crippen LogP contribution in [0, 0.1) is 42.1 Å². The molecule has 188 valence electrons. The number of hydrogen-bond donors (Lipinski definition) is 1. The van der Waals surface area contributed by atoms with Crippen LogP contribution in [0.1, 0.15) is 11.1 Å². The van der Waals surface area contributed by atoms with Crippen molar-refractivity contribution in [3.05, 3.63) is 94.1 Å². The number of carbonyl (C=O) groups excluding carboxylic acids is 1. The first-order valence-corrected chi connectivity index (χ1v) is 11.7. The lowest BCUT2D eigenvalue weighted by molar-refractivity contribution is -0.394. The summed E-state index contributed by atoms with van der Waals surface area (Å²) in [7, 11) is 1.34. The third-order valence-corrected chi connectivity index (χ3v) is 6.13. The number of nitrogens with one attached hydrogen (secondary N) is 1. The summed E-state index contributed by atoms with van der Waals surface area (Å²) in [4.78, 5) is 33.5. The predicted octanol–water partition coefficient (Wildman–Crippen LogP) is 6.42. The second-order valence-corrected chi connectivity index (χ2v) is 8.96. The SMILES string of the molecule is COc1cc(/C=C(\C#N)C(=O)Nc2ccc(C)c(Cl)c2)cc(I)c1Oc1ccc([N+](=O)[O-])cc1[N+](=O)[O-]. The standard InChI is InChI=1S/C24H16ClIN4O7/c1-13-3-4-16(10-18(13)25)28-24(31)15(12-27)7-14-8-19(26)23(22(9-14)36-2)37-21-6-5-17(29(32)33)11-20(21)30(34)35/h3-11H,1-2H3,(H,28,31)/b15-7+. The Morgan fingerprint density at radius 3 is 2.43 bits per heavy atom. The van der Waals surface area contributed by atoms with E-state index in [0.717, 1.165) is 23.8 Å². The molecule has 0 aromatic heterocycles. The van der Waals surface area contributed by atoms with E-state index in [1.807, 2.05) is 35.6 Å². The Bertz CT molecular complexity index is 1500. The molecule has 0 heterocycles. The summed E-state index contributed by atoms with van der Waals surface area (Å²) in [6.45, 7) is 1.82. The molecule has 3 rings (SSSR count). The Morgan fingerprint density at radius 1 is 1.11 bits per heavy atom. The lowest BCUT2D eigenvalue weighted by atomic mass is 10.1. The summed E-state index contributed by atoms with van der Waals surface area (Å²) >= 11 is 7.99. The second-order valence-electron chi connectivity index (χ2n) is 7.39. The molecule has 3 aromatic carbocycles. The van der Waals surface area contributed by atoms with E-state index in [2.05, 4.69) is 5.32 Å². The Labute approximate surface area is 228 Å². The van der Waals surface area contributed by atoms with Crippen LogP contribution in [-0.2, 0) is 4.79 Å². The van der Waals surface area contributed by atoms with Crippen LogP contribution in [0.3, 0.4) is 0 Å². The molecule has 0 unspecified atom stereocenters. The van der Waals surface area contributed by atoms with Gasteiger partial charge in [-0.05, 0) is 77.0 Å². The van der Waals surface area contributed by atoms with Gasteiger partial charge >= 0.3 is 5.69 Å². The van der Waals surface area contributed by atoms with Crippen molar-refractivity contribution in [2.24, 2.45) is 0 Å². The van der Waals surface area contributed by atoms with Crippen molar-refractivity contribution in [3.8, 4) is 23.3 Å². The van der Waals surface area contributed by atoms with Crippen molar-refractivity contribution < 1.29 is 24.1 Å². The van der Waals surface area contributed by atoms with Gasteiger partial charge in [-0.2, -0.15) is 5.26 Å². The van der Waals surface area contributed by atoms with E-state index in [4.69, 9.17) is 21.1 Å². The second kappa shape index (κ2) is 11.7. The Balaban J connectivity index is 1.94. The highest BCUT2D eigenvalue weighted by Gasteiger charge is 2.23. The fraction of sp³-hybridized carbons (Fsp3) is 0.0833. The summed E-state index contributed by atoms with van der Waals surface area (Å²) < 4.78 is 11.5. The Kier molecular flexibility index (Phi) is 8.64. The van der Waals surface area contributed by atoms with Gasteiger partial charge in [0.25, 0.3) is 11.6 Å². The van der Waals surface area contributed by atoms with E-state index in [9.17, 15) is 30.3 Å². The largest absolute Gasteiger partial charge is 0.493 e. The molecule has 37 heavy (non-hydrogen) atoms. The highest BCUT2D eigenvalue weighted by molar-refractivity contribution is 14.1. The van der Waals surface area contributed by atoms with Crippen molar-refractivity contribution in [2.75, 3.05) is 12.4 Å². The molecule has 1 N–H and O–H groups in total. The molecule has 0 aliphatic rings. The van der Waals surface area contributed by atoms with Gasteiger partial charge in [-0.25, -0.2) is 0 Å². The number of amides is 1. The predicted molar refractivity (Wildman–Crippen MR) is 144 cm³/mol. The smallest absolute Gasteiger partial charge is 0.318 e. The number of benzene rings is 3. The number of nitrogens with zero attached hydrogens (tertiary/aromatic N) is 3. The molecule has 0 spiro atoms. The minimum atomic E-state index is -0.794. The number of aryl methyl sites for hydroxylation is 1. The average molecular weight is 635 g/mol. The first-order valence-electron chi connectivity index (χ1n) is 10.2. The number of nitriles is 1. The summed E-state index contributed by atoms with van der Waals surface area (Å²) in [6.07, 6.45) is 1.34. The molecule has 0 saturated heterocycles. The van der Waals surface area contributed by atoms with Gasteiger partial charge in [-0.3, -0.25) is 25.0 Å². The van der Waals surface area contributed by atoms with Crippen LogP contribution in [0.4, 0.5) is 17.1 Å². The van der Waals surface area contributed by atoms with Crippen LogP contribution >= 0.6 is 34.2 Å². The molecule has 0 aliphatic carbocycles. The van der Waals surface area contributed by atoms with Crippen LogP contribution in [0.15, 0.2) is 54.1 Å². The van der Waals surface area contributed by atoms with Crippen molar-refractivity contribution in [1.29, 1.82) is 5.26 Å². The van der Waals surface area contributed by atoms with Gasteiger partial charge in [0.15, 0.2) is 11.5 Å². The van der Waals surface area contributed by atoms with Gasteiger partial charge in [0, 0.05) is 16.8 Å². The number of methoxy groups -OCH3 is 1. The van der Waals surface area contributed by atoms with E-state index in [-0.39, 0.29) is 22.8 Å². The first kappa shape index (κ1) is 27.4. The van der Waals surface area contributed by atoms with Gasteiger partial charge in [-0.15, -0.1) is 0 Å². The van der Waals surface area contributed by atoms with E-state index in [0.29, 0.717) is 19.8 Å². The Hall–Kier alpha value is -4.22. The van der Waals surface area contributed by atoms with Gasteiger partial charge < -0.3 is 14.8 Å². The summed E-state index contributed by atoms with van der Waals surface area (Å²) in [5.74, 6) is -0.634. The number of rotatable bonds is 8. The molecule has 0 bridgehead atoms. The number of nitro groups is 2. The normalized spacial score (nSPS) is 10.8. The summed E-state index contributed by atoms with van der Waals surface area (Å²) in [6, 6.07) is 12.9. The zero-order valence-corrected chi connectivity index (χ0v) is 22.1. The fourth-order valence-corrected chi connectivity index (χ4v) is 3.98. The number of ether oxygens (including phenoxy) is 2. The molecule has 0 radical (unpaired) electrons. The van der Waals surface area contributed by atoms with Crippen LogP contribution in [0.2, 0.25) is 5.02 Å². The lowest BCUT2D eigenvalue weighted by Gasteiger charge is -2.13. The number of hydrogen-bond acceptors (Lipinski definition) is 8. The van der Waals surface area contributed by atoms with Crippen LogP contribution in [0.5, 0.6) is 17.2 Å². The minimum absolute atomic E-state index is 0.106. The van der Waals surface area contributed by atoms with Crippen molar-refractivity contribution in [2.45, 2.75) is 6.92 Å². The summed E-state index contributed by atoms with van der Waals surface area (Å²) in [5.41, 5.74) is 0.405. The number of nitro benzene ring substituents is 2. The molecule has 0 atom stereocenters. The molecule has 13 heteroatoms. The molecule has 0 fully saturated rings. The topological polar surface area (TPSA) is 158 Å². The van der Waals surface area contributed by atoms with Gasteiger partial charge in [0.1, 0.15) is 11.6 Å². The zero-order chi connectivity index (χ0) is 27.3. The molecule has 1 amide bonds. The zero-order valence-electron chi connectivity index (χ0n) is 19.2. The third kappa shape index (κ3) is 6.51. The van der Waals surface area contributed by atoms with Crippen LogP contribution in [-0.4, -0.2) is 22.9 Å². The van der Waals surface area contributed by atoms with Crippen LogP contribution < -0.4 is 14.8 Å². The molecular formula is C24H16ClIN4O7. The van der Waals surface area contributed by atoms with Crippen molar-refractivity contribution in [1.82, 2.24) is 0 Å². The van der Waals surface area contributed by atoms with Crippen molar-refractivity contribution in [3.63, 3.8) is 0 Å². The first-order chi connectivity index (χ1) is 17.5. The van der Waals surface area contributed by atoms with Gasteiger partial charge in [-0.1, -0.05) is 17.7 Å². The number of carbonyl (C=O) groups is 1. The van der Waals surface area contributed by atoms with Crippen LogP contribution in [0.25, 0.3) is 6.08 Å². The molecule has 0 aliphatic heterocycles. The molecule has 0 saturated carbocycles. The van der Waals surface area contributed by atoms with E-state index < -0.39 is 27.1 Å². The van der Waals surface area contributed by atoms with Gasteiger partial charge in [0.2, 0.25) is 5.75 Å².